The molecule has 1 heterocycles. The van der Waals surface area contributed by atoms with Gasteiger partial charge in [-0.25, -0.2) is 0 Å². The van der Waals surface area contributed by atoms with Crippen molar-refractivity contribution < 1.29 is 9.53 Å². The van der Waals surface area contributed by atoms with Crippen molar-refractivity contribution in [3.8, 4) is 5.75 Å². The molecule has 0 saturated carbocycles. The molecule has 3 nitrogen and oxygen atoms in total. The van der Waals surface area contributed by atoms with E-state index in [-0.39, 0.29) is 11.3 Å². The van der Waals surface area contributed by atoms with Crippen LogP contribution >= 0.6 is 11.6 Å². The monoisotopic (exact) mass is 295 g/mol. The van der Waals surface area contributed by atoms with E-state index >= 15 is 0 Å². The number of carbonyl (C=O) groups excluding carboxylic acids is 1. The summed E-state index contributed by atoms with van der Waals surface area (Å²) >= 11 is 5.92. The Hall–Kier alpha value is -1.22. The maximum atomic E-state index is 12.4. The number of carbonyl (C=O) groups is 1. The van der Waals surface area contributed by atoms with E-state index in [1.165, 1.54) is 6.42 Å². The van der Waals surface area contributed by atoms with E-state index in [1.807, 2.05) is 17.0 Å². The molecule has 0 bridgehead atoms. The number of halogens is 1. The van der Waals surface area contributed by atoms with Gasteiger partial charge in [-0.1, -0.05) is 31.5 Å². The Morgan fingerprint density at radius 3 is 2.85 bits per heavy atom. The second-order valence-electron chi connectivity index (χ2n) is 6.25. The van der Waals surface area contributed by atoms with Gasteiger partial charge in [-0.15, -0.1) is 0 Å². The minimum atomic E-state index is -0.484. The lowest BCUT2D eigenvalue weighted by molar-refractivity contribution is -0.141. The van der Waals surface area contributed by atoms with E-state index in [0.29, 0.717) is 10.8 Å². The Bertz CT molecular complexity index is 487. The van der Waals surface area contributed by atoms with Crippen LogP contribution in [-0.2, 0) is 4.79 Å². The zero-order valence-corrected chi connectivity index (χ0v) is 13.1. The van der Waals surface area contributed by atoms with Gasteiger partial charge in [0.15, 0.2) is 6.10 Å². The fourth-order valence-electron chi connectivity index (χ4n) is 2.66. The van der Waals surface area contributed by atoms with Crippen LogP contribution in [0.25, 0.3) is 0 Å². The van der Waals surface area contributed by atoms with Gasteiger partial charge in [0.25, 0.3) is 5.91 Å². The fraction of sp³-hybridized carbons (Fsp3) is 0.562. The Morgan fingerprint density at radius 1 is 1.45 bits per heavy atom. The highest BCUT2D eigenvalue weighted by atomic mass is 35.5. The lowest BCUT2D eigenvalue weighted by Crippen LogP contribution is -2.48. The summed E-state index contributed by atoms with van der Waals surface area (Å²) in [5, 5.41) is 0.612. The van der Waals surface area contributed by atoms with Crippen LogP contribution in [-0.4, -0.2) is 30.0 Å². The molecule has 0 N–H and O–H groups in total. The molecule has 1 aromatic carbocycles. The van der Waals surface area contributed by atoms with Crippen LogP contribution in [0.2, 0.25) is 5.02 Å². The first kappa shape index (κ1) is 15.2. The molecule has 0 aromatic heterocycles. The molecular formula is C16H22ClNO2. The summed E-state index contributed by atoms with van der Waals surface area (Å²) in [7, 11) is 0. The average molecular weight is 296 g/mol. The van der Waals surface area contributed by atoms with E-state index < -0.39 is 6.10 Å². The fourth-order valence-corrected chi connectivity index (χ4v) is 2.84. The molecule has 1 amide bonds. The number of hydrogen-bond acceptors (Lipinski definition) is 2. The first-order valence-corrected chi connectivity index (χ1v) is 7.46. The highest BCUT2D eigenvalue weighted by molar-refractivity contribution is 6.30. The molecule has 1 aliphatic heterocycles. The molecule has 1 fully saturated rings. The highest BCUT2D eigenvalue weighted by Gasteiger charge is 2.31. The van der Waals surface area contributed by atoms with Gasteiger partial charge in [-0.3, -0.25) is 4.79 Å². The molecule has 0 aliphatic carbocycles. The standard InChI is InChI=1S/C16H22ClNO2/c1-12(20-14-7-4-6-13(17)10-14)15(19)18-9-5-8-16(2,3)11-18/h4,6-7,10,12H,5,8-9,11H2,1-3H3. The number of benzene rings is 1. The second-order valence-corrected chi connectivity index (χ2v) is 6.68. The summed E-state index contributed by atoms with van der Waals surface area (Å²) in [5.74, 6) is 0.687. The first-order chi connectivity index (χ1) is 9.37. The normalized spacial score (nSPS) is 19.5. The van der Waals surface area contributed by atoms with Gasteiger partial charge >= 0.3 is 0 Å². The van der Waals surface area contributed by atoms with Crippen LogP contribution in [0.3, 0.4) is 0 Å². The number of likely N-dealkylation sites (tertiary alicyclic amines) is 1. The number of piperidine rings is 1. The van der Waals surface area contributed by atoms with Crippen LogP contribution < -0.4 is 4.74 Å². The van der Waals surface area contributed by atoms with Crippen molar-refractivity contribution >= 4 is 17.5 Å². The molecule has 0 radical (unpaired) electrons. The van der Waals surface area contributed by atoms with E-state index in [4.69, 9.17) is 16.3 Å². The lowest BCUT2D eigenvalue weighted by Gasteiger charge is -2.39. The van der Waals surface area contributed by atoms with Crippen molar-refractivity contribution in [2.24, 2.45) is 5.41 Å². The number of nitrogens with zero attached hydrogens (tertiary/aromatic N) is 1. The van der Waals surface area contributed by atoms with E-state index in [1.54, 1.807) is 19.1 Å². The first-order valence-electron chi connectivity index (χ1n) is 7.08. The summed E-state index contributed by atoms with van der Waals surface area (Å²) < 4.78 is 5.70. The Balaban J connectivity index is 1.98. The summed E-state index contributed by atoms with van der Waals surface area (Å²) in [5.41, 5.74) is 0.198. The molecule has 1 aliphatic rings. The topological polar surface area (TPSA) is 29.5 Å². The molecule has 0 spiro atoms. The second kappa shape index (κ2) is 6.04. The molecule has 1 unspecified atom stereocenters. The molecule has 1 atom stereocenters. The van der Waals surface area contributed by atoms with Crippen LogP contribution in [0.4, 0.5) is 0 Å². The highest BCUT2D eigenvalue weighted by Crippen LogP contribution is 2.29. The Morgan fingerprint density at radius 2 is 2.20 bits per heavy atom. The van der Waals surface area contributed by atoms with E-state index in [0.717, 1.165) is 19.5 Å². The largest absolute Gasteiger partial charge is 0.481 e. The minimum absolute atomic E-state index is 0.0535. The zero-order chi connectivity index (χ0) is 14.8. The Kier molecular flexibility index (Phi) is 4.59. The van der Waals surface area contributed by atoms with Gasteiger partial charge < -0.3 is 9.64 Å². The zero-order valence-electron chi connectivity index (χ0n) is 12.4. The van der Waals surface area contributed by atoms with Crippen molar-refractivity contribution in [2.75, 3.05) is 13.1 Å². The predicted molar refractivity (Wildman–Crippen MR) is 81.1 cm³/mol. The summed E-state index contributed by atoms with van der Waals surface area (Å²) in [6.45, 7) is 7.83. The average Bonchev–Trinajstić information content (AvgIpc) is 2.36. The molecule has 1 aromatic rings. The maximum absolute atomic E-state index is 12.4. The predicted octanol–water partition coefficient (Wildman–Crippen LogP) is 3.76. The van der Waals surface area contributed by atoms with Gasteiger partial charge in [-0.05, 0) is 43.4 Å². The Labute approximate surface area is 125 Å². The molecule has 1 saturated heterocycles. The third kappa shape index (κ3) is 3.89. The van der Waals surface area contributed by atoms with E-state index in [9.17, 15) is 4.79 Å². The summed E-state index contributed by atoms with van der Waals surface area (Å²) in [6, 6.07) is 7.15. The number of rotatable bonds is 3. The summed E-state index contributed by atoms with van der Waals surface area (Å²) in [6.07, 6.45) is 1.74. The molecule has 20 heavy (non-hydrogen) atoms. The van der Waals surface area contributed by atoms with Crippen molar-refractivity contribution in [1.82, 2.24) is 4.90 Å². The van der Waals surface area contributed by atoms with Crippen LogP contribution in [0.15, 0.2) is 24.3 Å². The minimum Gasteiger partial charge on any atom is -0.481 e. The maximum Gasteiger partial charge on any atom is 0.263 e. The van der Waals surface area contributed by atoms with Gasteiger partial charge in [0.05, 0.1) is 0 Å². The van der Waals surface area contributed by atoms with Crippen molar-refractivity contribution in [2.45, 2.75) is 39.7 Å². The number of ether oxygens (including phenoxy) is 1. The van der Waals surface area contributed by atoms with Crippen molar-refractivity contribution in [1.29, 1.82) is 0 Å². The van der Waals surface area contributed by atoms with E-state index in [2.05, 4.69) is 13.8 Å². The third-order valence-corrected chi connectivity index (χ3v) is 3.90. The molecule has 4 heteroatoms. The van der Waals surface area contributed by atoms with Crippen LogP contribution in [0, 0.1) is 5.41 Å². The van der Waals surface area contributed by atoms with Crippen LogP contribution in [0.5, 0.6) is 5.75 Å². The van der Waals surface area contributed by atoms with Crippen molar-refractivity contribution in [3.05, 3.63) is 29.3 Å². The van der Waals surface area contributed by atoms with Gasteiger partial charge in [0, 0.05) is 18.1 Å². The van der Waals surface area contributed by atoms with Gasteiger partial charge in [-0.2, -0.15) is 0 Å². The third-order valence-electron chi connectivity index (χ3n) is 3.67. The number of amides is 1. The SMILES string of the molecule is CC(Oc1cccc(Cl)c1)C(=O)N1CCCC(C)(C)C1. The smallest absolute Gasteiger partial charge is 0.263 e. The van der Waals surface area contributed by atoms with Crippen molar-refractivity contribution in [3.63, 3.8) is 0 Å². The van der Waals surface area contributed by atoms with Crippen LogP contribution in [0.1, 0.15) is 33.6 Å². The number of hydrogen-bond donors (Lipinski definition) is 0. The quantitative estimate of drug-likeness (QED) is 0.850. The lowest BCUT2D eigenvalue weighted by atomic mass is 9.84. The molecular weight excluding hydrogens is 274 g/mol. The molecule has 110 valence electrons. The van der Waals surface area contributed by atoms with Gasteiger partial charge in [0.1, 0.15) is 5.75 Å². The van der Waals surface area contributed by atoms with Gasteiger partial charge in [0.2, 0.25) is 0 Å². The molecule has 2 rings (SSSR count). The summed E-state index contributed by atoms with van der Waals surface area (Å²) in [4.78, 5) is 14.4.